The average molecular weight is 457 g/mol. The lowest BCUT2D eigenvalue weighted by Gasteiger charge is -2.09. The van der Waals surface area contributed by atoms with E-state index < -0.39 is 5.97 Å². The monoisotopic (exact) mass is 455 g/mol. The van der Waals surface area contributed by atoms with Gasteiger partial charge in [-0.2, -0.15) is 0 Å². The lowest BCUT2D eigenvalue weighted by molar-refractivity contribution is -0.136. The van der Waals surface area contributed by atoms with Crippen molar-refractivity contribution in [2.24, 2.45) is 0 Å². The molecule has 5 nitrogen and oxygen atoms in total. The first-order valence-corrected chi connectivity index (χ1v) is 8.75. The molecule has 0 radical (unpaired) electrons. The van der Waals surface area contributed by atoms with Crippen LogP contribution in [-0.4, -0.2) is 18.5 Å². The van der Waals surface area contributed by atoms with Gasteiger partial charge in [0.1, 0.15) is 11.5 Å². The lowest BCUT2D eigenvalue weighted by atomic mass is 10.3. The van der Waals surface area contributed by atoms with Gasteiger partial charge in [0.2, 0.25) is 5.91 Å². The normalized spacial score (nSPS) is 10.1. The summed E-state index contributed by atoms with van der Waals surface area (Å²) in [5, 5.41) is 2.70. The second-order valence-corrected chi connectivity index (χ2v) is 6.54. The molecule has 2 aromatic rings. The molecule has 0 unspecified atom stereocenters. The number of hydrogen-bond donors (Lipinski definition) is 1. The van der Waals surface area contributed by atoms with Crippen molar-refractivity contribution in [1.29, 1.82) is 0 Å². The van der Waals surface area contributed by atoms with Crippen molar-refractivity contribution < 1.29 is 19.1 Å². The summed E-state index contributed by atoms with van der Waals surface area (Å²) in [7, 11) is 0. The maximum absolute atomic E-state index is 11.9. The fourth-order valence-electron chi connectivity index (χ4n) is 1.78. The van der Waals surface area contributed by atoms with Crippen LogP contribution in [0.4, 0.5) is 5.69 Å². The molecule has 0 saturated carbocycles. The summed E-state index contributed by atoms with van der Waals surface area (Å²) in [6, 6.07) is 12.0. The Kier molecular flexibility index (Phi) is 6.81. The fraction of sp³-hybridized carbons (Fsp3) is 0.176. The predicted octanol–water partition coefficient (Wildman–Crippen LogP) is 4.54. The third-order valence-electron chi connectivity index (χ3n) is 2.91. The van der Waals surface area contributed by atoms with Crippen LogP contribution in [0.3, 0.4) is 0 Å². The number of esters is 1. The molecular formula is C17H15Br2NO4. The Morgan fingerprint density at radius 1 is 1.12 bits per heavy atom. The Labute approximate surface area is 156 Å². The zero-order chi connectivity index (χ0) is 17.5. The predicted molar refractivity (Wildman–Crippen MR) is 98.3 cm³/mol. The van der Waals surface area contributed by atoms with Gasteiger partial charge < -0.3 is 14.8 Å². The van der Waals surface area contributed by atoms with Gasteiger partial charge >= 0.3 is 5.97 Å². The number of benzene rings is 2. The molecule has 1 amide bonds. The third-order valence-corrected chi connectivity index (χ3v) is 4.02. The summed E-state index contributed by atoms with van der Waals surface area (Å²) >= 11 is 6.70. The number of nitrogens with one attached hydrogen (secondary N) is 1. The Hall–Kier alpha value is -1.86. The van der Waals surface area contributed by atoms with Crippen LogP contribution in [0.5, 0.6) is 11.5 Å². The second kappa shape index (κ2) is 8.84. The Morgan fingerprint density at radius 3 is 2.62 bits per heavy atom. The smallest absolute Gasteiger partial charge is 0.349 e. The summed E-state index contributed by atoms with van der Waals surface area (Å²) in [6.07, 6.45) is 0.375. The van der Waals surface area contributed by atoms with Gasteiger partial charge in [0.25, 0.3) is 0 Å². The van der Waals surface area contributed by atoms with Crippen LogP contribution in [0, 0.1) is 0 Å². The van der Waals surface area contributed by atoms with Crippen molar-refractivity contribution >= 4 is 49.4 Å². The van der Waals surface area contributed by atoms with Crippen molar-refractivity contribution in [3.05, 3.63) is 51.4 Å². The highest BCUT2D eigenvalue weighted by atomic mass is 79.9. The van der Waals surface area contributed by atoms with Crippen LogP contribution < -0.4 is 14.8 Å². The van der Waals surface area contributed by atoms with Gasteiger partial charge in [-0.15, -0.1) is 0 Å². The van der Waals surface area contributed by atoms with Crippen molar-refractivity contribution in [2.75, 3.05) is 11.9 Å². The number of hydrogen-bond acceptors (Lipinski definition) is 4. The molecule has 1 N–H and O–H groups in total. The van der Waals surface area contributed by atoms with Crippen LogP contribution in [-0.2, 0) is 9.59 Å². The van der Waals surface area contributed by atoms with E-state index in [4.69, 9.17) is 9.47 Å². The van der Waals surface area contributed by atoms with E-state index in [1.807, 2.05) is 12.1 Å². The molecule has 126 valence electrons. The molecular weight excluding hydrogens is 442 g/mol. The standard InChI is InChI=1S/C17H15Br2NO4/c1-2-16(21)20-12-4-3-5-13(9-12)24-17(22)10-23-15-7-6-11(18)8-14(15)19/h3-9H,2,10H2,1H3,(H,20,21). The van der Waals surface area contributed by atoms with Crippen LogP contribution in [0.25, 0.3) is 0 Å². The summed E-state index contributed by atoms with van der Waals surface area (Å²) in [6.45, 7) is 1.53. The largest absolute Gasteiger partial charge is 0.481 e. The molecule has 0 aliphatic heterocycles. The topological polar surface area (TPSA) is 64.6 Å². The molecule has 7 heteroatoms. The molecule has 0 bridgehead atoms. The molecule has 2 rings (SSSR count). The number of anilines is 1. The van der Waals surface area contributed by atoms with E-state index >= 15 is 0 Å². The molecule has 0 heterocycles. The van der Waals surface area contributed by atoms with Crippen molar-refractivity contribution in [3.63, 3.8) is 0 Å². The molecule has 0 aliphatic carbocycles. The number of rotatable bonds is 6. The molecule has 0 atom stereocenters. The lowest BCUT2D eigenvalue weighted by Crippen LogP contribution is -2.18. The van der Waals surface area contributed by atoms with Crippen molar-refractivity contribution in [2.45, 2.75) is 13.3 Å². The van der Waals surface area contributed by atoms with Gasteiger partial charge in [0, 0.05) is 22.6 Å². The number of carbonyl (C=O) groups is 2. The van der Waals surface area contributed by atoms with Gasteiger partial charge in [-0.25, -0.2) is 4.79 Å². The van der Waals surface area contributed by atoms with E-state index in [2.05, 4.69) is 37.2 Å². The summed E-state index contributed by atoms with van der Waals surface area (Å²) < 4.78 is 12.3. The van der Waals surface area contributed by atoms with Crippen molar-refractivity contribution in [3.8, 4) is 11.5 Å². The second-order valence-electron chi connectivity index (χ2n) is 4.77. The highest BCUT2D eigenvalue weighted by molar-refractivity contribution is 9.11. The molecule has 0 aromatic heterocycles. The zero-order valence-corrected chi connectivity index (χ0v) is 16.0. The maximum Gasteiger partial charge on any atom is 0.349 e. The molecule has 0 aliphatic rings. The minimum absolute atomic E-state index is 0.109. The first-order valence-electron chi connectivity index (χ1n) is 7.16. The molecule has 0 spiro atoms. The Balaban J connectivity index is 1.92. The van der Waals surface area contributed by atoms with Crippen molar-refractivity contribution in [1.82, 2.24) is 0 Å². The quantitative estimate of drug-likeness (QED) is 0.511. The van der Waals surface area contributed by atoms with Crippen LogP contribution >= 0.6 is 31.9 Å². The highest BCUT2D eigenvalue weighted by Gasteiger charge is 2.09. The van der Waals surface area contributed by atoms with Gasteiger partial charge in [-0.1, -0.05) is 28.9 Å². The average Bonchev–Trinajstić information content (AvgIpc) is 2.54. The SMILES string of the molecule is CCC(=O)Nc1cccc(OC(=O)COc2ccc(Br)cc2Br)c1. The number of carbonyl (C=O) groups excluding carboxylic acids is 2. The number of halogens is 2. The van der Waals surface area contributed by atoms with Gasteiger partial charge in [0.05, 0.1) is 4.47 Å². The number of ether oxygens (including phenoxy) is 2. The van der Waals surface area contributed by atoms with Gasteiger partial charge in [-0.3, -0.25) is 4.79 Å². The highest BCUT2D eigenvalue weighted by Crippen LogP contribution is 2.28. The van der Waals surface area contributed by atoms with E-state index in [1.165, 1.54) is 0 Å². The van der Waals surface area contributed by atoms with Crippen LogP contribution in [0.1, 0.15) is 13.3 Å². The third kappa shape index (κ3) is 5.65. The minimum Gasteiger partial charge on any atom is -0.481 e. The first-order chi connectivity index (χ1) is 11.5. The van der Waals surface area contributed by atoms with E-state index in [9.17, 15) is 9.59 Å². The summed E-state index contributed by atoms with van der Waals surface area (Å²) in [5.74, 6) is 0.233. The van der Waals surface area contributed by atoms with Crippen LogP contribution in [0.2, 0.25) is 0 Å². The van der Waals surface area contributed by atoms with E-state index in [0.717, 1.165) is 8.95 Å². The van der Waals surface area contributed by atoms with E-state index in [-0.39, 0.29) is 12.5 Å². The minimum atomic E-state index is -0.538. The molecule has 24 heavy (non-hydrogen) atoms. The number of amides is 1. The maximum atomic E-state index is 11.9. The summed E-state index contributed by atoms with van der Waals surface area (Å²) in [4.78, 5) is 23.3. The van der Waals surface area contributed by atoms with E-state index in [1.54, 1.807) is 37.3 Å². The van der Waals surface area contributed by atoms with Gasteiger partial charge in [-0.05, 0) is 46.3 Å². The Morgan fingerprint density at radius 2 is 1.92 bits per heavy atom. The Bertz CT molecular complexity index is 749. The molecule has 2 aromatic carbocycles. The molecule has 0 fully saturated rings. The summed E-state index contributed by atoms with van der Waals surface area (Å²) in [5.41, 5.74) is 0.573. The first kappa shape index (κ1) is 18.5. The van der Waals surface area contributed by atoms with Gasteiger partial charge in [0.15, 0.2) is 6.61 Å². The fourth-order valence-corrected chi connectivity index (χ4v) is 2.94. The van der Waals surface area contributed by atoms with E-state index in [0.29, 0.717) is 23.6 Å². The zero-order valence-electron chi connectivity index (χ0n) is 12.8. The molecule has 0 saturated heterocycles. The van der Waals surface area contributed by atoms with Crippen LogP contribution in [0.15, 0.2) is 51.4 Å².